The predicted octanol–water partition coefficient (Wildman–Crippen LogP) is 7.66. The molecule has 0 bridgehead atoms. The average Bonchev–Trinajstić information content (AvgIpc) is 3.74. The molecule has 2 nitrogen and oxygen atoms in total. The molecule has 0 aliphatic rings. The van der Waals surface area contributed by atoms with Crippen LogP contribution in [0.3, 0.4) is 0 Å². The van der Waals surface area contributed by atoms with Gasteiger partial charge in [0.1, 0.15) is 23.5 Å². The zero-order valence-electron chi connectivity index (χ0n) is 30.1. The minimum Gasteiger partial charge on any atom is -0.310 e. The number of benzene rings is 8. The Kier molecular flexibility index (Phi) is 7.30. The van der Waals surface area contributed by atoms with Gasteiger partial charge in [-0.3, -0.25) is 0 Å². The van der Waals surface area contributed by atoms with E-state index in [0.717, 1.165) is 5.69 Å². The monoisotopic (exact) mass is 672 g/mol. The lowest BCUT2D eigenvalue weighted by molar-refractivity contribution is 1.18. The quantitative estimate of drug-likeness (QED) is 0.166. The van der Waals surface area contributed by atoms with Crippen molar-refractivity contribution in [3.05, 3.63) is 176 Å². The van der Waals surface area contributed by atoms with Crippen LogP contribution in [-0.4, -0.2) is 32.7 Å². The maximum absolute atomic E-state index is 2.47. The van der Waals surface area contributed by atoms with E-state index in [9.17, 15) is 0 Å². The van der Waals surface area contributed by atoms with Crippen LogP contribution in [0.15, 0.2) is 176 Å². The summed E-state index contributed by atoms with van der Waals surface area (Å²) in [6.45, 7) is 0. The van der Waals surface area contributed by atoms with Gasteiger partial charge in [0.2, 0.25) is 0 Å². The molecule has 10 aromatic rings. The number of hydrogen-bond donors (Lipinski definition) is 0. The van der Waals surface area contributed by atoms with Crippen molar-refractivity contribution < 1.29 is 0 Å². The highest BCUT2D eigenvalue weighted by Crippen LogP contribution is 2.38. The first-order chi connectivity index (χ1) is 26.1. The van der Waals surface area contributed by atoms with Crippen LogP contribution in [0.5, 0.6) is 0 Å². The van der Waals surface area contributed by atoms with E-state index in [1.807, 2.05) is 0 Å². The number of para-hydroxylation sites is 2. The van der Waals surface area contributed by atoms with Gasteiger partial charge < -0.3 is 9.13 Å². The summed E-state index contributed by atoms with van der Waals surface area (Å²) in [5.74, 6) is 0. The third-order valence-electron chi connectivity index (χ3n) is 11.3. The largest absolute Gasteiger partial charge is 0.310 e. The summed E-state index contributed by atoms with van der Waals surface area (Å²) in [6.07, 6.45) is 0. The van der Waals surface area contributed by atoms with Crippen molar-refractivity contribution in [3.63, 3.8) is 0 Å². The molecule has 0 aliphatic heterocycles. The predicted molar refractivity (Wildman–Crippen MR) is 236 cm³/mol. The second-order valence-electron chi connectivity index (χ2n) is 14.2. The third kappa shape index (κ3) is 4.92. The lowest BCUT2D eigenvalue weighted by Gasteiger charge is -2.18. The molecule has 10 rings (SSSR count). The highest BCUT2D eigenvalue weighted by atomic mass is 15.0. The van der Waals surface area contributed by atoms with E-state index >= 15 is 0 Å². The van der Waals surface area contributed by atoms with Gasteiger partial charge in [0.15, 0.2) is 0 Å². The molecule has 0 aliphatic carbocycles. The molecule has 0 unspecified atom stereocenters. The fourth-order valence-corrected chi connectivity index (χ4v) is 8.75. The summed E-state index contributed by atoms with van der Waals surface area (Å²) in [5.41, 5.74) is 18.7. The summed E-state index contributed by atoms with van der Waals surface area (Å²) in [7, 11) is 6.94. The maximum Gasteiger partial charge on any atom is 0.141 e. The van der Waals surface area contributed by atoms with Crippen LogP contribution < -0.4 is 16.4 Å². The van der Waals surface area contributed by atoms with Gasteiger partial charge >= 0.3 is 0 Å². The first-order valence-corrected chi connectivity index (χ1v) is 18.4. The average molecular weight is 672 g/mol. The molecule has 0 amide bonds. The maximum atomic E-state index is 2.47. The summed E-state index contributed by atoms with van der Waals surface area (Å²) in [4.78, 5) is 0. The molecule has 0 saturated carbocycles. The lowest BCUT2D eigenvalue weighted by Crippen LogP contribution is -2.35. The Hall–Kier alpha value is -6.45. The Morgan fingerprint density at radius 2 is 0.849 bits per heavy atom. The van der Waals surface area contributed by atoms with Gasteiger partial charge in [0.05, 0.1) is 16.6 Å². The van der Waals surface area contributed by atoms with Crippen molar-refractivity contribution in [1.29, 1.82) is 0 Å². The zero-order valence-corrected chi connectivity index (χ0v) is 30.1. The summed E-state index contributed by atoms with van der Waals surface area (Å²) < 4.78 is 4.90. The number of nitrogens with zero attached hydrogens (tertiary/aromatic N) is 2. The van der Waals surface area contributed by atoms with Gasteiger partial charge in [-0.05, 0) is 88.0 Å². The van der Waals surface area contributed by atoms with Crippen LogP contribution in [-0.2, 0) is 0 Å². The molecular weight excluding hydrogens is 637 g/mol. The number of aromatic nitrogens is 2. The molecule has 53 heavy (non-hydrogen) atoms. The van der Waals surface area contributed by atoms with E-state index in [1.54, 1.807) is 0 Å². The smallest absolute Gasteiger partial charge is 0.141 e. The Bertz CT molecular complexity index is 3020. The highest BCUT2D eigenvalue weighted by Gasteiger charge is 2.22. The van der Waals surface area contributed by atoms with Gasteiger partial charge in [0.25, 0.3) is 0 Å². The first-order valence-electron chi connectivity index (χ1n) is 18.4. The molecule has 246 valence electrons. The van der Waals surface area contributed by atoms with E-state index in [1.165, 1.54) is 99.1 Å². The summed E-state index contributed by atoms with van der Waals surface area (Å²) >= 11 is 0. The van der Waals surface area contributed by atoms with Gasteiger partial charge in [-0.1, -0.05) is 138 Å². The van der Waals surface area contributed by atoms with Gasteiger partial charge in [0, 0.05) is 38.4 Å². The molecule has 0 saturated heterocycles. The molecule has 2 aromatic heterocycles. The molecule has 0 N–H and O–H groups in total. The molecule has 2 heterocycles. The fraction of sp³-hybridized carbons (Fsp3) is 0. The minimum absolute atomic E-state index is 1.16. The minimum atomic E-state index is 1.16. The van der Waals surface area contributed by atoms with Crippen LogP contribution in [0.25, 0.3) is 88.4 Å². The van der Waals surface area contributed by atoms with Gasteiger partial charge in [-0.25, -0.2) is 0 Å². The van der Waals surface area contributed by atoms with E-state index in [-0.39, 0.29) is 0 Å². The van der Waals surface area contributed by atoms with Gasteiger partial charge in [-0.15, -0.1) is 0 Å². The van der Waals surface area contributed by atoms with Crippen molar-refractivity contribution in [1.82, 2.24) is 9.13 Å². The number of fused-ring (bicyclic) bond motifs is 6. The Labute approximate surface area is 312 Å². The van der Waals surface area contributed by atoms with Crippen molar-refractivity contribution in [3.8, 4) is 44.8 Å². The van der Waals surface area contributed by atoms with Crippen LogP contribution in [0.4, 0.5) is 0 Å². The highest BCUT2D eigenvalue weighted by molar-refractivity contribution is 6.60. The molecule has 0 fully saturated rings. The SMILES string of the molecule is Bc1c(-c2ccc3c(c2)c2ccccc2n3-c2cccc(-c3ccccc3)c2)c(B)c2c3cc(-c4ccccc4)ccc3n(-c3ccccc3)c2c1B. The van der Waals surface area contributed by atoms with Crippen molar-refractivity contribution in [2.75, 3.05) is 0 Å². The second kappa shape index (κ2) is 12.4. The van der Waals surface area contributed by atoms with Crippen LogP contribution in [0.2, 0.25) is 0 Å². The van der Waals surface area contributed by atoms with Crippen molar-refractivity contribution >= 4 is 83.5 Å². The standard InChI is InChI=1S/C48H35B3N2/c49-45-43(34-24-26-41-38(29-34)37-21-10-11-22-40(37)52(41)36-20-12-17-32(27-36)30-13-4-1-5-14-30)46(50)47(51)48-44(45)39-28-33(31-15-6-2-7-16-31)23-25-42(39)53(48)35-18-8-3-9-19-35/h1-29H,49-51H2. The van der Waals surface area contributed by atoms with Crippen LogP contribution in [0, 0.1) is 0 Å². The second-order valence-corrected chi connectivity index (χ2v) is 14.2. The Morgan fingerprint density at radius 1 is 0.321 bits per heavy atom. The van der Waals surface area contributed by atoms with Gasteiger partial charge in [-0.2, -0.15) is 0 Å². The molecule has 8 aromatic carbocycles. The summed E-state index contributed by atoms with van der Waals surface area (Å²) in [6, 6.07) is 64.0. The van der Waals surface area contributed by atoms with E-state index in [0.29, 0.717) is 0 Å². The summed E-state index contributed by atoms with van der Waals surface area (Å²) in [5, 5.41) is 5.12. The Balaban J connectivity index is 1.23. The number of hydrogen-bond acceptors (Lipinski definition) is 0. The number of rotatable bonds is 5. The van der Waals surface area contributed by atoms with Crippen molar-refractivity contribution in [2.45, 2.75) is 0 Å². The van der Waals surface area contributed by atoms with Crippen LogP contribution >= 0.6 is 0 Å². The third-order valence-corrected chi connectivity index (χ3v) is 11.3. The lowest BCUT2D eigenvalue weighted by atomic mass is 9.69. The molecule has 5 heteroatoms. The fourth-order valence-electron chi connectivity index (χ4n) is 8.75. The first kappa shape index (κ1) is 31.3. The normalized spacial score (nSPS) is 11.6. The molecule has 0 spiro atoms. The van der Waals surface area contributed by atoms with Crippen molar-refractivity contribution in [2.24, 2.45) is 0 Å². The van der Waals surface area contributed by atoms with E-state index in [2.05, 4.69) is 209 Å². The molecule has 0 radical (unpaired) electrons. The van der Waals surface area contributed by atoms with Crippen LogP contribution in [0.1, 0.15) is 0 Å². The topological polar surface area (TPSA) is 9.86 Å². The molecular formula is C48H35B3N2. The van der Waals surface area contributed by atoms with E-state index < -0.39 is 0 Å². The zero-order chi connectivity index (χ0) is 35.6. The molecule has 0 atom stereocenters. The Morgan fingerprint density at radius 3 is 1.57 bits per heavy atom. The van der Waals surface area contributed by atoms with E-state index in [4.69, 9.17) is 0 Å².